The van der Waals surface area contributed by atoms with Crippen molar-refractivity contribution in [2.75, 3.05) is 0 Å². The SMILES string of the molecule is CC[C@@](C)(NC(=O)c1ccc2ccccc2c1OCc1nc2cc(F)ccc2s1)C(=O)O. The number of ether oxygens (including phenoxy) is 1. The van der Waals surface area contributed by atoms with E-state index in [0.29, 0.717) is 16.3 Å². The summed E-state index contributed by atoms with van der Waals surface area (Å²) < 4.78 is 20.4. The maximum Gasteiger partial charge on any atom is 0.329 e. The molecule has 0 aliphatic rings. The van der Waals surface area contributed by atoms with Crippen LogP contribution in [0.5, 0.6) is 5.75 Å². The van der Waals surface area contributed by atoms with Crippen molar-refractivity contribution in [3.8, 4) is 5.75 Å². The minimum absolute atomic E-state index is 0.0826. The molecule has 0 radical (unpaired) electrons. The molecule has 1 amide bonds. The Labute approximate surface area is 187 Å². The third kappa shape index (κ3) is 4.13. The lowest BCUT2D eigenvalue weighted by molar-refractivity contribution is -0.143. The Hall–Kier alpha value is -3.52. The van der Waals surface area contributed by atoms with E-state index in [9.17, 15) is 19.1 Å². The average Bonchev–Trinajstić information content (AvgIpc) is 3.18. The van der Waals surface area contributed by atoms with Crippen LogP contribution in [0.3, 0.4) is 0 Å². The number of carbonyl (C=O) groups excluding carboxylic acids is 1. The molecular weight excluding hydrogens is 431 g/mol. The van der Waals surface area contributed by atoms with Crippen molar-refractivity contribution in [1.82, 2.24) is 10.3 Å². The maximum absolute atomic E-state index is 13.5. The molecule has 3 aromatic carbocycles. The molecule has 164 valence electrons. The molecule has 2 N–H and O–H groups in total. The lowest BCUT2D eigenvalue weighted by atomic mass is 9.97. The van der Waals surface area contributed by atoms with Crippen molar-refractivity contribution in [3.05, 3.63) is 71.0 Å². The van der Waals surface area contributed by atoms with Gasteiger partial charge in [-0.3, -0.25) is 4.79 Å². The first-order valence-corrected chi connectivity index (χ1v) is 10.9. The van der Waals surface area contributed by atoms with Crippen molar-refractivity contribution in [2.24, 2.45) is 0 Å². The standard InChI is InChI=1S/C24H21FN2O4S/c1-3-24(2,23(29)30)27-22(28)17-10-8-14-6-4-5-7-16(14)21(17)31-13-20-26-18-12-15(25)9-11-19(18)32-20/h4-12H,3,13H2,1-2H3,(H,27,28)(H,29,30)/t24-/m1/s1. The topological polar surface area (TPSA) is 88.5 Å². The summed E-state index contributed by atoms with van der Waals surface area (Å²) >= 11 is 1.38. The Bertz CT molecular complexity index is 1340. The molecule has 32 heavy (non-hydrogen) atoms. The Morgan fingerprint density at radius 3 is 2.72 bits per heavy atom. The first-order chi connectivity index (χ1) is 15.3. The quantitative estimate of drug-likeness (QED) is 0.405. The van der Waals surface area contributed by atoms with Crippen molar-refractivity contribution < 1.29 is 23.8 Å². The molecule has 0 unspecified atom stereocenters. The van der Waals surface area contributed by atoms with Gasteiger partial charge < -0.3 is 15.2 Å². The Morgan fingerprint density at radius 2 is 1.97 bits per heavy atom. The number of thiazole rings is 1. The van der Waals surface area contributed by atoms with E-state index in [1.807, 2.05) is 24.3 Å². The molecule has 0 aliphatic carbocycles. The molecule has 4 rings (SSSR count). The largest absolute Gasteiger partial charge is 0.485 e. The highest BCUT2D eigenvalue weighted by Gasteiger charge is 2.34. The summed E-state index contributed by atoms with van der Waals surface area (Å²) in [6.45, 7) is 3.25. The number of carboxylic acid groups (broad SMARTS) is 1. The highest BCUT2D eigenvalue weighted by Crippen LogP contribution is 2.32. The second-order valence-electron chi connectivity index (χ2n) is 7.62. The van der Waals surface area contributed by atoms with E-state index in [1.165, 1.54) is 30.4 Å². The Morgan fingerprint density at radius 1 is 1.19 bits per heavy atom. The van der Waals surface area contributed by atoms with E-state index in [1.54, 1.807) is 25.1 Å². The number of aliphatic carboxylic acids is 1. The number of hydrogen-bond donors (Lipinski definition) is 2. The normalized spacial score (nSPS) is 13.1. The molecule has 0 saturated heterocycles. The summed E-state index contributed by atoms with van der Waals surface area (Å²) in [5.41, 5.74) is -0.627. The Kier molecular flexibility index (Phi) is 5.80. The predicted molar refractivity (Wildman–Crippen MR) is 122 cm³/mol. The van der Waals surface area contributed by atoms with Crippen LogP contribution in [0.1, 0.15) is 35.6 Å². The number of halogens is 1. The lowest BCUT2D eigenvalue weighted by Crippen LogP contribution is -2.51. The van der Waals surface area contributed by atoms with Gasteiger partial charge in [-0.05, 0) is 36.9 Å². The number of fused-ring (bicyclic) bond motifs is 2. The summed E-state index contributed by atoms with van der Waals surface area (Å²) in [6, 6.07) is 15.3. The van der Waals surface area contributed by atoms with E-state index in [2.05, 4.69) is 10.3 Å². The summed E-state index contributed by atoms with van der Waals surface area (Å²) in [4.78, 5) is 29.1. The van der Waals surface area contributed by atoms with Gasteiger partial charge in [0.1, 0.15) is 28.7 Å². The molecule has 4 aromatic rings. The fourth-order valence-corrected chi connectivity index (χ4v) is 4.19. The van der Waals surface area contributed by atoms with Crippen LogP contribution in [-0.2, 0) is 11.4 Å². The van der Waals surface area contributed by atoms with Gasteiger partial charge in [-0.1, -0.05) is 37.3 Å². The number of carboxylic acids is 1. The second-order valence-corrected chi connectivity index (χ2v) is 8.73. The molecule has 6 nitrogen and oxygen atoms in total. The third-order valence-corrected chi connectivity index (χ3v) is 6.44. The molecule has 0 fully saturated rings. The number of hydrogen-bond acceptors (Lipinski definition) is 5. The monoisotopic (exact) mass is 452 g/mol. The molecule has 0 saturated carbocycles. The molecule has 0 aliphatic heterocycles. The van der Waals surface area contributed by atoms with Gasteiger partial charge in [0, 0.05) is 11.5 Å². The molecule has 1 atom stereocenters. The fourth-order valence-electron chi connectivity index (χ4n) is 3.33. The zero-order valence-corrected chi connectivity index (χ0v) is 18.3. The second kappa shape index (κ2) is 8.55. The molecule has 0 spiro atoms. The predicted octanol–water partition coefficient (Wildman–Crippen LogP) is 5.15. The zero-order valence-electron chi connectivity index (χ0n) is 17.5. The highest BCUT2D eigenvalue weighted by molar-refractivity contribution is 7.18. The molecule has 1 heterocycles. The van der Waals surface area contributed by atoms with E-state index in [4.69, 9.17) is 4.74 Å². The summed E-state index contributed by atoms with van der Waals surface area (Å²) in [5, 5.41) is 14.4. The van der Waals surface area contributed by atoms with Crippen LogP contribution in [-0.4, -0.2) is 27.5 Å². The van der Waals surface area contributed by atoms with Crippen LogP contribution in [0.15, 0.2) is 54.6 Å². The minimum atomic E-state index is -1.41. The van der Waals surface area contributed by atoms with Crippen molar-refractivity contribution >= 4 is 44.2 Å². The van der Waals surface area contributed by atoms with Crippen LogP contribution in [0.2, 0.25) is 0 Å². The van der Waals surface area contributed by atoms with Crippen molar-refractivity contribution in [2.45, 2.75) is 32.4 Å². The van der Waals surface area contributed by atoms with Gasteiger partial charge in [-0.25, -0.2) is 14.2 Å². The zero-order chi connectivity index (χ0) is 22.9. The first kappa shape index (κ1) is 21.7. The fraction of sp³-hybridized carbons (Fsp3) is 0.208. The van der Waals surface area contributed by atoms with Gasteiger partial charge in [0.25, 0.3) is 5.91 Å². The number of nitrogens with zero attached hydrogens (tertiary/aromatic N) is 1. The van der Waals surface area contributed by atoms with E-state index in [0.717, 1.165) is 15.5 Å². The number of amides is 1. The summed E-state index contributed by atoms with van der Waals surface area (Å²) in [5.74, 6) is -1.67. The van der Waals surface area contributed by atoms with Gasteiger partial charge >= 0.3 is 5.97 Å². The van der Waals surface area contributed by atoms with E-state index >= 15 is 0 Å². The van der Waals surface area contributed by atoms with Crippen molar-refractivity contribution in [3.63, 3.8) is 0 Å². The van der Waals surface area contributed by atoms with Gasteiger partial charge in [0.05, 0.1) is 15.8 Å². The average molecular weight is 453 g/mol. The van der Waals surface area contributed by atoms with Crippen LogP contribution < -0.4 is 10.1 Å². The third-order valence-electron chi connectivity index (χ3n) is 5.43. The van der Waals surface area contributed by atoms with Gasteiger partial charge in [0.15, 0.2) is 0 Å². The smallest absolute Gasteiger partial charge is 0.329 e. The van der Waals surface area contributed by atoms with Crippen molar-refractivity contribution in [1.29, 1.82) is 0 Å². The molecule has 1 aromatic heterocycles. The summed E-state index contributed by atoms with van der Waals surface area (Å²) in [6.07, 6.45) is 0.222. The maximum atomic E-state index is 13.5. The van der Waals surface area contributed by atoms with E-state index in [-0.39, 0.29) is 24.4 Å². The highest BCUT2D eigenvalue weighted by atomic mass is 32.1. The lowest BCUT2D eigenvalue weighted by Gasteiger charge is -2.25. The molecule has 8 heteroatoms. The number of rotatable bonds is 7. The molecular formula is C24H21FN2O4S. The minimum Gasteiger partial charge on any atom is -0.485 e. The van der Waals surface area contributed by atoms with Gasteiger partial charge in [0.2, 0.25) is 0 Å². The first-order valence-electron chi connectivity index (χ1n) is 10.1. The number of carbonyl (C=O) groups is 2. The van der Waals surface area contributed by atoms with Crippen LogP contribution >= 0.6 is 11.3 Å². The number of nitrogens with one attached hydrogen (secondary N) is 1. The van der Waals surface area contributed by atoms with E-state index < -0.39 is 17.4 Å². The van der Waals surface area contributed by atoms with Gasteiger partial charge in [-0.15, -0.1) is 11.3 Å². The number of aromatic nitrogens is 1. The van der Waals surface area contributed by atoms with Gasteiger partial charge in [-0.2, -0.15) is 0 Å². The van der Waals surface area contributed by atoms with Crippen LogP contribution in [0.4, 0.5) is 4.39 Å². The molecule has 0 bridgehead atoms. The summed E-state index contributed by atoms with van der Waals surface area (Å²) in [7, 11) is 0. The van der Waals surface area contributed by atoms with Crippen LogP contribution in [0.25, 0.3) is 21.0 Å². The van der Waals surface area contributed by atoms with Crippen LogP contribution in [0, 0.1) is 5.82 Å². The Balaban J connectivity index is 1.69. The number of benzene rings is 3.